The molecule has 0 N–H and O–H groups in total. The van der Waals surface area contributed by atoms with E-state index < -0.39 is 0 Å². The Bertz CT molecular complexity index is 415. The number of ether oxygens (including phenoxy) is 1. The van der Waals surface area contributed by atoms with E-state index in [-0.39, 0.29) is 11.3 Å². The number of hydrogen-bond acceptors (Lipinski definition) is 3. The molecule has 0 spiro atoms. The Morgan fingerprint density at radius 1 is 1.42 bits per heavy atom. The van der Waals surface area contributed by atoms with Crippen LogP contribution in [0.2, 0.25) is 0 Å². The molecule has 104 valence electrons. The molecular weight excluding hydrogens is 373 g/mol. The first-order valence-corrected chi connectivity index (χ1v) is 8.44. The second-order valence-corrected chi connectivity index (χ2v) is 6.30. The lowest BCUT2D eigenvalue weighted by atomic mass is 9.99. The SMILES string of the molecule is O=C(OCc1ccccc1)N1CCC(CI)C(S)C1. The van der Waals surface area contributed by atoms with Gasteiger partial charge in [-0.05, 0) is 17.9 Å². The molecule has 0 radical (unpaired) electrons. The van der Waals surface area contributed by atoms with Crippen molar-refractivity contribution in [3.05, 3.63) is 35.9 Å². The van der Waals surface area contributed by atoms with Gasteiger partial charge in [0.15, 0.2) is 0 Å². The fraction of sp³-hybridized carbons (Fsp3) is 0.500. The van der Waals surface area contributed by atoms with E-state index in [1.807, 2.05) is 30.3 Å². The van der Waals surface area contributed by atoms with Gasteiger partial charge in [0.25, 0.3) is 0 Å². The van der Waals surface area contributed by atoms with Crippen LogP contribution in [0.25, 0.3) is 0 Å². The minimum Gasteiger partial charge on any atom is -0.445 e. The van der Waals surface area contributed by atoms with Crippen molar-refractivity contribution < 1.29 is 9.53 Å². The highest BCUT2D eigenvalue weighted by Crippen LogP contribution is 2.24. The number of nitrogens with zero attached hydrogens (tertiary/aromatic N) is 1. The number of thiol groups is 1. The second-order valence-electron chi connectivity index (χ2n) is 4.76. The van der Waals surface area contributed by atoms with E-state index in [4.69, 9.17) is 4.74 Å². The fourth-order valence-electron chi connectivity index (χ4n) is 2.14. The normalized spacial score (nSPS) is 23.2. The van der Waals surface area contributed by atoms with Crippen molar-refractivity contribution >= 4 is 41.3 Å². The summed E-state index contributed by atoms with van der Waals surface area (Å²) in [6.07, 6.45) is 0.784. The van der Waals surface area contributed by atoms with Crippen molar-refractivity contribution in [3.8, 4) is 0 Å². The highest BCUT2D eigenvalue weighted by Gasteiger charge is 2.29. The number of piperidine rings is 1. The average Bonchev–Trinajstić information content (AvgIpc) is 2.45. The molecule has 3 nitrogen and oxygen atoms in total. The van der Waals surface area contributed by atoms with Gasteiger partial charge in [-0.3, -0.25) is 0 Å². The van der Waals surface area contributed by atoms with Crippen molar-refractivity contribution in [2.75, 3.05) is 17.5 Å². The number of carbonyl (C=O) groups is 1. The number of amides is 1. The van der Waals surface area contributed by atoms with Crippen molar-refractivity contribution in [2.45, 2.75) is 18.3 Å². The number of alkyl halides is 1. The van der Waals surface area contributed by atoms with Gasteiger partial charge in [0.2, 0.25) is 0 Å². The zero-order valence-corrected chi connectivity index (χ0v) is 13.7. The molecule has 1 amide bonds. The number of carbonyl (C=O) groups excluding carboxylic acids is 1. The van der Waals surface area contributed by atoms with Crippen LogP contribution in [-0.2, 0) is 11.3 Å². The molecule has 2 unspecified atom stereocenters. The van der Waals surface area contributed by atoms with E-state index in [0.29, 0.717) is 19.1 Å². The monoisotopic (exact) mass is 391 g/mol. The van der Waals surface area contributed by atoms with Gasteiger partial charge in [0.1, 0.15) is 6.61 Å². The van der Waals surface area contributed by atoms with Gasteiger partial charge in [-0.15, -0.1) is 0 Å². The smallest absolute Gasteiger partial charge is 0.410 e. The van der Waals surface area contributed by atoms with E-state index >= 15 is 0 Å². The van der Waals surface area contributed by atoms with Crippen molar-refractivity contribution in [1.82, 2.24) is 4.90 Å². The van der Waals surface area contributed by atoms with E-state index in [1.165, 1.54) is 0 Å². The largest absolute Gasteiger partial charge is 0.445 e. The van der Waals surface area contributed by atoms with Gasteiger partial charge in [-0.25, -0.2) is 4.79 Å². The maximum absolute atomic E-state index is 12.0. The summed E-state index contributed by atoms with van der Waals surface area (Å²) >= 11 is 6.96. The van der Waals surface area contributed by atoms with Crippen LogP contribution in [0.1, 0.15) is 12.0 Å². The zero-order valence-electron chi connectivity index (χ0n) is 10.7. The van der Waals surface area contributed by atoms with Crippen LogP contribution >= 0.6 is 35.2 Å². The van der Waals surface area contributed by atoms with Crippen LogP contribution in [0.4, 0.5) is 4.79 Å². The van der Waals surface area contributed by atoms with Crippen LogP contribution < -0.4 is 0 Å². The average molecular weight is 391 g/mol. The number of likely N-dealkylation sites (tertiary alicyclic amines) is 1. The first-order valence-electron chi connectivity index (χ1n) is 6.40. The van der Waals surface area contributed by atoms with Gasteiger partial charge >= 0.3 is 6.09 Å². The summed E-state index contributed by atoms with van der Waals surface area (Å²) in [5.41, 5.74) is 1.01. The van der Waals surface area contributed by atoms with Crippen molar-refractivity contribution in [1.29, 1.82) is 0 Å². The molecule has 1 aromatic carbocycles. The minimum absolute atomic E-state index is 0.227. The number of hydrogen-bond donors (Lipinski definition) is 1. The first-order chi connectivity index (χ1) is 9.20. The predicted molar refractivity (Wildman–Crippen MR) is 88.0 cm³/mol. The molecule has 1 aromatic rings. The molecule has 0 bridgehead atoms. The van der Waals surface area contributed by atoms with E-state index in [1.54, 1.807) is 4.90 Å². The molecule has 1 aliphatic heterocycles. The standard InChI is InChI=1S/C14H18INO2S/c15-8-12-6-7-16(9-13(12)19)14(17)18-10-11-4-2-1-3-5-11/h1-5,12-13,19H,6-10H2. The summed E-state index contributed by atoms with van der Waals surface area (Å²) in [4.78, 5) is 13.7. The molecule has 1 heterocycles. The molecule has 2 atom stereocenters. The van der Waals surface area contributed by atoms with Crippen LogP contribution in [0.5, 0.6) is 0 Å². The molecular formula is C14H18INO2S. The lowest BCUT2D eigenvalue weighted by Gasteiger charge is -2.34. The molecule has 5 heteroatoms. The van der Waals surface area contributed by atoms with Crippen LogP contribution in [-0.4, -0.2) is 33.8 Å². The molecule has 0 aliphatic carbocycles. The Hall–Kier alpha value is -0.430. The van der Waals surface area contributed by atoms with Crippen LogP contribution in [0.15, 0.2) is 30.3 Å². The summed E-state index contributed by atoms with van der Waals surface area (Å²) < 4.78 is 6.43. The van der Waals surface area contributed by atoms with Crippen molar-refractivity contribution in [3.63, 3.8) is 0 Å². The summed E-state index contributed by atoms with van der Waals surface area (Å²) in [5, 5.41) is 0.259. The lowest BCUT2D eigenvalue weighted by Crippen LogP contribution is -2.45. The van der Waals surface area contributed by atoms with E-state index in [0.717, 1.165) is 23.0 Å². The molecule has 19 heavy (non-hydrogen) atoms. The van der Waals surface area contributed by atoms with Gasteiger partial charge < -0.3 is 9.64 Å². The summed E-state index contributed by atoms with van der Waals surface area (Å²) in [5.74, 6) is 0.599. The van der Waals surface area contributed by atoms with Gasteiger partial charge in [0.05, 0.1) is 0 Å². The predicted octanol–water partition coefficient (Wildman–Crippen LogP) is 3.38. The highest BCUT2D eigenvalue weighted by atomic mass is 127. The maximum atomic E-state index is 12.0. The van der Waals surface area contributed by atoms with Gasteiger partial charge in [-0.1, -0.05) is 52.9 Å². The Kier molecular flexibility index (Phi) is 5.81. The third-order valence-corrected chi connectivity index (χ3v) is 5.10. The topological polar surface area (TPSA) is 29.5 Å². The molecule has 1 saturated heterocycles. The molecule has 1 aliphatic rings. The molecule has 1 fully saturated rings. The minimum atomic E-state index is -0.227. The zero-order chi connectivity index (χ0) is 13.7. The van der Waals surface area contributed by atoms with Gasteiger partial charge in [-0.2, -0.15) is 12.6 Å². The van der Waals surface area contributed by atoms with Crippen LogP contribution in [0, 0.1) is 5.92 Å². The lowest BCUT2D eigenvalue weighted by molar-refractivity contribution is 0.0856. The maximum Gasteiger partial charge on any atom is 0.410 e. The third kappa shape index (κ3) is 4.27. The number of halogens is 1. The highest BCUT2D eigenvalue weighted by molar-refractivity contribution is 14.1. The Labute approximate surface area is 133 Å². The third-order valence-electron chi connectivity index (χ3n) is 3.38. The molecule has 0 saturated carbocycles. The first kappa shape index (κ1) is 15.0. The quantitative estimate of drug-likeness (QED) is 0.487. The second kappa shape index (κ2) is 7.38. The van der Waals surface area contributed by atoms with Gasteiger partial charge in [0, 0.05) is 22.8 Å². The molecule has 0 aromatic heterocycles. The summed E-state index contributed by atoms with van der Waals surface area (Å²) in [7, 11) is 0. The van der Waals surface area contributed by atoms with Crippen LogP contribution in [0.3, 0.4) is 0 Å². The number of benzene rings is 1. The Balaban J connectivity index is 1.81. The molecule has 2 rings (SSSR count). The Morgan fingerprint density at radius 3 is 2.79 bits per heavy atom. The number of rotatable bonds is 3. The van der Waals surface area contributed by atoms with E-state index in [9.17, 15) is 4.79 Å². The summed E-state index contributed by atoms with van der Waals surface area (Å²) in [6.45, 7) is 1.80. The fourth-order valence-corrected chi connectivity index (χ4v) is 4.04. The van der Waals surface area contributed by atoms with Crippen molar-refractivity contribution in [2.24, 2.45) is 5.92 Å². The van der Waals surface area contributed by atoms with E-state index in [2.05, 4.69) is 35.2 Å². The summed E-state index contributed by atoms with van der Waals surface area (Å²) in [6, 6.07) is 9.75. The Morgan fingerprint density at radius 2 is 2.16 bits per heavy atom.